The fraction of sp³-hybridized carbons (Fsp3) is 0.455. The predicted molar refractivity (Wildman–Crippen MR) is 223 cm³/mol. The number of alkyl carbamates (subject to hydrolysis) is 2. The van der Waals surface area contributed by atoms with Crippen LogP contribution in [0.3, 0.4) is 0 Å². The molecule has 6 atom stereocenters. The van der Waals surface area contributed by atoms with Crippen LogP contribution >= 0.6 is 0 Å². The molecule has 2 saturated heterocycles. The summed E-state index contributed by atoms with van der Waals surface area (Å²) in [5, 5.41) is 7.63. The molecule has 0 aliphatic carbocycles. The van der Waals surface area contributed by atoms with Crippen molar-refractivity contribution in [2.45, 2.75) is 77.5 Å². The van der Waals surface area contributed by atoms with Crippen LogP contribution in [0.1, 0.15) is 77.1 Å². The van der Waals surface area contributed by atoms with Crippen molar-refractivity contribution >= 4 is 45.8 Å². The van der Waals surface area contributed by atoms with Gasteiger partial charge < -0.3 is 44.6 Å². The van der Waals surface area contributed by atoms with E-state index in [4.69, 9.17) is 24.2 Å². The van der Waals surface area contributed by atoms with Crippen LogP contribution in [0.5, 0.6) is 0 Å². The third-order valence-corrected chi connectivity index (χ3v) is 12.0. The maximum Gasteiger partial charge on any atom is 0.407 e. The number of nitrogens with zero attached hydrogens (tertiary/aromatic N) is 4. The minimum absolute atomic E-state index is 0.0613. The van der Waals surface area contributed by atoms with E-state index in [9.17, 15) is 19.2 Å². The summed E-state index contributed by atoms with van der Waals surface area (Å²) < 4.78 is 15.5. The number of hydrogen-bond acceptors (Lipinski definition) is 9. The summed E-state index contributed by atoms with van der Waals surface area (Å²) >= 11 is 0. The van der Waals surface area contributed by atoms with E-state index < -0.39 is 30.3 Å². The normalized spacial score (nSPS) is 18.9. The Bertz CT molecular complexity index is 2320. The van der Waals surface area contributed by atoms with Crippen molar-refractivity contribution in [3.63, 3.8) is 0 Å². The van der Waals surface area contributed by atoms with Crippen molar-refractivity contribution in [1.29, 1.82) is 0 Å². The summed E-state index contributed by atoms with van der Waals surface area (Å²) in [6, 6.07) is 16.6. The standard InChI is InChI=1S/C44H54N8O7/c1-7-25(3)37(49-43(55)57-5)41(53)51-17-9-10-35(51)39-45-23-34(48-39)31-14-13-27-20-28(11-12-29(27)21-31)30-15-16-32-33(22-30)47-40(46-32)36-24-59-19-18-52(36)42(54)38(26(4)8-2)50-44(56)58-6/h11-16,20-23,25-26,35-38H,7-10,17-19,24H2,1-6H3,(H,45,48)(H,46,47)(H,49,55)(H,50,56)/t25-,26-,35-,36-,37?,38?/m0/s1. The molecule has 4 amide bonds. The summed E-state index contributed by atoms with van der Waals surface area (Å²) in [5.41, 5.74) is 5.50. The van der Waals surface area contributed by atoms with Gasteiger partial charge in [0, 0.05) is 18.7 Å². The van der Waals surface area contributed by atoms with Crippen LogP contribution < -0.4 is 10.6 Å². The number of ether oxygens (including phenoxy) is 3. The van der Waals surface area contributed by atoms with Gasteiger partial charge in [0.2, 0.25) is 11.8 Å². The van der Waals surface area contributed by atoms with Crippen molar-refractivity contribution in [3.05, 3.63) is 72.4 Å². The molecule has 15 nitrogen and oxygen atoms in total. The third kappa shape index (κ3) is 8.61. The first-order valence-electron chi connectivity index (χ1n) is 20.5. The number of rotatable bonds is 12. The highest BCUT2D eigenvalue weighted by Crippen LogP contribution is 2.35. The molecule has 0 bridgehead atoms. The second kappa shape index (κ2) is 17.9. The van der Waals surface area contributed by atoms with E-state index in [0.29, 0.717) is 31.9 Å². The molecule has 7 rings (SSSR count). The minimum atomic E-state index is -0.739. The molecule has 2 aromatic heterocycles. The van der Waals surface area contributed by atoms with E-state index in [0.717, 1.165) is 69.3 Å². The topological polar surface area (TPSA) is 184 Å². The van der Waals surface area contributed by atoms with Crippen LogP contribution in [0.2, 0.25) is 0 Å². The number of carbonyl (C=O) groups excluding carboxylic acids is 4. The highest BCUT2D eigenvalue weighted by atomic mass is 16.5. The van der Waals surface area contributed by atoms with Gasteiger partial charge in [-0.25, -0.2) is 19.6 Å². The SMILES string of the molecule is CC[C@H](C)C(NC(=O)OC)C(=O)N1CCC[C@H]1c1ncc(-c2ccc3cc(-c4ccc5nc([C@@H]6COCCN6C(=O)C(NC(=O)OC)[C@@H](C)CC)[nH]c5c4)ccc3c2)[nH]1. The third-order valence-electron chi connectivity index (χ3n) is 12.0. The van der Waals surface area contributed by atoms with Crippen LogP contribution in [0.4, 0.5) is 9.59 Å². The van der Waals surface area contributed by atoms with Crippen LogP contribution in [0, 0.1) is 11.8 Å². The fourth-order valence-electron chi connectivity index (χ4n) is 8.12. The van der Waals surface area contributed by atoms with E-state index in [-0.39, 0.29) is 36.3 Å². The molecule has 2 aliphatic heterocycles. The van der Waals surface area contributed by atoms with Crippen LogP contribution in [-0.4, -0.2) is 106 Å². The lowest BCUT2D eigenvalue weighted by molar-refractivity contribution is -0.144. The number of fused-ring (bicyclic) bond motifs is 2. The average molecular weight is 807 g/mol. The second-order valence-corrected chi connectivity index (χ2v) is 15.6. The molecule has 4 N–H and O–H groups in total. The molecule has 2 unspecified atom stereocenters. The Morgan fingerprint density at radius 2 is 1.37 bits per heavy atom. The number of carbonyl (C=O) groups is 4. The van der Waals surface area contributed by atoms with E-state index in [1.807, 2.05) is 50.9 Å². The largest absolute Gasteiger partial charge is 0.453 e. The molecule has 4 heterocycles. The van der Waals surface area contributed by atoms with Crippen molar-refractivity contribution in [1.82, 2.24) is 40.4 Å². The quantitative estimate of drug-likeness (QED) is 0.104. The number of morpholine rings is 1. The van der Waals surface area contributed by atoms with Gasteiger partial charge in [-0.3, -0.25) is 9.59 Å². The molecule has 0 saturated carbocycles. The Morgan fingerprint density at radius 3 is 2.02 bits per heavy atom. The number of nitrogens with one attached hydrogen (secondary N) is 4. The maximum absolute atomic E-state index is 13.9. The molecule has 0 spiro atoms. The summed E-state index contributed by atoms with van der Waals surface area (Å²) in [5.74, 6) is 0.861. The highest BCUT2D eigenvalue weighted by Gasteiger charge is 2.39. The van der Waals surface area contributed by atoms with Gasteiger partial charge in [-0.2, -0.15) is 0 Å². The van der Waals surface area contributed by atoms with Crippen molar-refractivity contribution in [2.75, 3.05) is 40.5 Å². The lowest BCUT2D eigenvalue weighted by atomic mass is 9.97. The number of benzene rings is 3. The molecule has 2 fully saturated rings. The molecule has 5 aromatic rings. The number of hydrogen-bond donors (Lipinski definition) is 4. The van der Waals surface area contributed by atoms with Gasteiger partial charge in [0.25, 0.3) is 0 Å². The van der Waals surface area contributed by atoms with Gasteiger partial charge in [0.15, 0.2) is 0 Å². The van der Waals surface area contributed by atoms with Gasteiger partial charge in [0.05, 0.1) is 56.4 Å². The van der Waals surface area contributed by atoms with Gasteiger partial charge in [-0.15, -0.1) is 0 Å². The second-order valence-electron chi connectivity index (χ2n) is 15.6. The van der Waals surface area contributed by atoms with E-state index in [1.165, 1.54) is 14.2 Å². The molecular weight excluding hydrogens is 753 g/mol. The van der Waals surface area contributed by atoms with Crippen LogP contribution in [-0.2, 0) is 23.8 Å². The van der Waals surface area contributed by atoms with Gasteiger partial charge in [0.1, 0.15) is 29.8 Å². The Morgan fingerprint density at radius 1 is 0.780 bits per heavy atom. The van der Waals surface area contributed by atoms with Gasteiger partial charge in [-0.05, 0) is 70.8 Å². The van der Waals surface area contributed by atoms with E-state index in [2.05, 4.69) is 63.1 Å². The lowest BCUT2D eigenvalue weighted by Crippen LogP contribution is -2.55. The van der Waals surface area contributed by atoms with Crippen molar-refractivity contribution < 1.29 is 33.4 Å². The molecule has 312 valence electrons. The Hall–Kier alpha value is -5.96. The van der Waals surface area contributed by atoms with E-state index >= 15 is 0 Å². The zero-order chi connectivity index (χ0) is 41.8. The number of H-pyrrole nitrogens is 2. The van der Waals surface area contributed by atoms with Gasteiger partial charge in [-0.1, -0.05) is 70.9 Å². The first-order chi connectivity index (χ1) is 28.5. The number of imidazole rings is 2. The smallest absolute Gasteiger partial charge is 0.407 e. The Balaban J connectivity index is 1.08. The molecule has 2 aliphatic rings. The van der Waals surface area contributed by atoms with E-state index in [1.54, 1.807) is 4.90 Å². The molecule has 59 heavy (non-hydrogen) atoms. The summed E-state index contributed by atoms with van der Waals surface area (Å²) in [6.07, 6.45) is 3.61. The number of likely N-dealkylation sites (tertiary alicyclic amines) is 1. The fourth-order valence-corrected chi connectivity index (χ4v) is 8.12. The minimum Gasteiger partial charge on any atom is -0.453 e. The summed E-state index contributed by atoms with van der Waals surface area (Å²) in [6.45, 7) is 9.51. The highest BCUT2D eigenvalue weighted by molar-refractivity contribution is 5.92. The van der Waals surface area contributed by atoms with Crippen molar-refractivity contribution in [3.8, 4) is 22.4 Å². The molecular formula is C44H54N8O7. The Kier molecular flexibility index (Phi) is 12.5. The molecule has 15 heteroatoms. The zero-order valence-corrected chi connectivity index (χ0v) is 34.5. The molecule has 0 radical (unpaired) electrons. The Labute approximate surface area is 343 Å². The van der Waals surface area contributed by atoms with Crippen molar-refractivity contribution in [2.24, 2.45) is 11.8 Å². The first-order valence-corrected chi connectivity index (χ1v) is 20.5. The number of aromatic nitrogens is 4. The summed E-state index contributed by atoms with van der Waals surface area (Å²) in [4.78, 5) is 72.0. The number of aromatic amines is 2. The number of amides is 4. The zero-order valence-electron chi connectivity index (χ0n) is 34.5. The first kappa shape index (κ1) is 41.2. The van der Waals surface area contributed by atoms with Crippen LogP contribution in [0.15, 0.2) is 60.8 Å². The lowest BCUT2D eigenvalue weighted by Gasteiger charge is -2.37. The maximum atomic E-state index is 13.9. The number of methoxy groups -OCH3 is 2. The average Bonchev–Trinajstić information content (AvgIpc) is 4.06. The van der Waals surface area contributed by atoms with Gasteiger partial charge >= 0.3 is 12.2 Å². The molecule has 3 aromatic carbocycles. The van der Waals surface area contributed by atoms with Crippen LogP contribution in [0.25, 0.3) is 44.2 Å². The monoisotopic (exact) mass is 806 g/mol. The summed E-state index contributed by atoms with van der Waals surface area (Å²) in [7, 11) is 2.59. The predicted octanol–water partition coefficient (Wildman–Crippen LogP) is 6.88.